The number of halogens is 2. The van der Waals surface area contributed by atoms with Gasteiger partial charge in [-0.3, -0.25) is 10.1 Å². The standard InChI is InChI=1S/C11H6BrFN6O2/c12-6-2-8(19(20)21)7(13)1-4(6)9-5(3-14)10(15)18-11(16)17-9/h1-2H,(H4,15,16,17,18). The highest BCUT2D eigenvalue weighted by atomic mass is 79.9. The molecule has 0 saturated heterocycles. The Morgan fingerprint density at radius 1 is 1.38 bits per heavy atom. The number of anilines is 2. The van der Waals surface area contributed by atoms with Crippen LogP contribution in [-0.2, 0) is 0 Å². The topological polar surface area (TPSA) is 145 Å². The van der Waals surface area contributed by atoms with Crippen molar-refractivity contribution in [1.29, 1.82) is 5.26 Å². The van der Waals surface area contributed by atoms with Crippen molar-refractivity contribution in [3.8, 4) is 17.3 Å². The van der Waals surface area contributed by atoms with Gasteiger partial charge in [-0.15, -0.1) is 0 Å². The smallest absolute Gasteiger partial charge is 0.305 e. The predicted molar refractivity (Wildman–Crippen MR) is 75.3 cm³/mol. The Bertz CT molecular complexity index is 804. The first-order valence-corrected chi connectivity index (χ1v) is 6.11. The van der Waals surface area contributed by atoms with Crippen LogP contribution in [-0.4, -0.2) is 14.9 Å². The molecule has 2 rings (SSSR count). The number of nitriles is 1. The second-order valence-corrected chi connectivity index (χ2v) is 4.70. The zero-order chi connectivity index (χ0) is 15.7. The van der Waals surface area contributed by atoms with Gasteiger partial charge in [0.05, 0.1) is 10.6 Å². The van der Waals surface area contributed by atoms with Gasteiger partial charge in [-0.25, -0.2) is 4.98 Å². The molecule has 1 heterocycles. The van der Waals surface area contributed by atoms with Crippen molar-refractivity contribution >= 4 is 33.4 Å². The number of hydrogen-bond acceptors (Lipinski definition) is 7. The monoisotopic (exact) mass is 352 g/mol. The van der Waals surface area contributed by atoms with E-state index in [0.717, 1.165) is 12.1 Å². The Balaban J connectivity index is 2.77. The lowest BCUT2D eigenvalue weighted by Crippen LogP contribution is -2.05. The third-order valence-electron chi connectivity index (χ3n) is 2.55. The molecule has 0 saturated carbocycles. The molecule has 0 bridgehead atoms. The summed E-state index contributed by atoms with van der Waals surface area (Å²) < 4.78 is 13.9. The Hall–Kier alpha value is -2.80. The van der Waals surface area contributed by atoms with Gasteiger partial charge in [-0.1, -0.05) is 0 Å². The third kappa shape index (κ3) is 2.59. The zero-order valence-electron chi connectivity index (χ0n) is 10.2. The van der Waals surface area contributed by atoms with Crippen molar-refractivity contribution in [1.82, 2.24) is 9.97 Å². The van der Waals surface area contributed by atoms with E-state index in [1.165, 1.54) is 0 Å². The predicted octanol–water partition coefficient (Wildman–Crippen LogP) is 1.99. The average molecular weight is 353 g/mol. The maximum atomic E-state index is 13.8. The van der Waals surface area contributed by atoms with E-state index < -0.39 is 16.4 Å². The molecule has 0 fully saturated rings. The summed E-state index contributed by atoms with van der Waals surface area (Å²) in [7, 11) is 0. The lowest BCUT2D eigenvalue weighted by molar-refractivity contribution is -0.387. The molecule has 21 heavy (non-hydrogen) atoms. The first kappa shape index (κ1) is 14.6. The van der Waals surface area contributed by atoms with E-state index in [-0.39, 0.29) is 33.1 Å². The van der Waals surface area contributed by atoms with Crippen LogP contribution in [0.4, 0.5) is 21.8 Å². The zero-order valence-corrected chi connectivity index (χ0v) is 11.8. The summed E-state index contributed by atoms with van der Waals surface area (Å²) in [6.07, 6.45) is 0. The molecule has 0 aliphatic heterocycles. The van der Waals surface area contributed by atoms with Gasteiger partial charge in [0.25, 0.3) is 0 Å². The number of nitrogens with zero attached hydrogens (tertiary/aromatic N) is 4. The number of nitrogens with two attached hydrogens (primary N) is 2. The number of hydrogen-bond donors (Lipinski definition) is 2. The molecule has 4 N–H and O–H groups in total. The van der Waals surface area contributed by atoms with Gasteiger partial charge in [-0.05, 0) is 22.0 Å². The molecule has 1 aromatic carbocycles. The van der Waals surface area contributed by atoms with Crippen LogP contribution in [0.3, 0.4) is 0 Å². The van der Waals surface area contributed by atoms with Crippen LogP contribution >= 0.6 is 15.9 Å². The average Bonchev–Trinajstić information content (AvgIpc) is 2.39. The van der Waals surface area contributed by atoms with Crippen molar-refractivity contribution in [2.24, 2.45) is 0 Å². The minimum atomic E-state index is -1.07. The summed E-state index contributed by atoms with van der Waals surface area (Å²) >= 11 is 3.08. The highest BCUT2D eigenvalue weighted by molar-refractivity contribution is 9.10. The summed E-state index contributed by atoms with van der Waals surface area (Å²) in [6.45, 7) is 0. The molecule has 2 aromatic rings. The largest absolute Gasteiger partial charge is 0.382 e. The molecular weight excluding hydrogens is 347 g/mol. The Kier molecular flexibility index (Phi) is 3.68. The fourth-order valence-electron chi connectivity index (χ4n) is 1.66. The summed E-state index contributed by atoms with van der Waals surface area (Å²) in [5, 5.41) is 19.8. The normalized spacial score (nSPS) is 10.1. The summed E-state index contributed by atoms with van der Waals surface area (Å²) in [5.74, 6) is -1.43. The van der Waals surface area contributed by atoms with Gasteiger partial charge in [-0.2, -0.15) is 14.6 Å². The molecule has 0 unspecified atom stereocenters. The first-order valence-electron chi connectivity index (χ1n) is 5.32. The summed E-state index contributed by atoms with van der Waals surface area (Å²) in [4.78, 5) is 17.3. The molecule has 0 atom stereocenters. The van der Waals surface area contributed by atoms with Crippen LogP contribution in [0.1, 0.15) is 5.56 Å². The van der Waals surface area contributed by atoms with Crippen molar-refractivity contribution in [2.75, 3.05) is 11.5 Å². The van der Waals surface area contributed by atoms with Crippen LogP contribution in [0.15, 0.2) is 16.6 Å². The number of rotatable bonds is 2. The highest BCUT2D eigenvalue weighted by Gasteiger charge is 2.22. The SMILES string of the molecule is N#Cc1c(N)nc(N)nc1-c1cc(F)c([N+](=O)[O-])cc1Br. The lowest BCUT2D eigenvalue weighted by Gasteiger charge is -2.08. The van der Waals surface area contributed by atoms with E-state index in [1.54, 1.807) is 6.07 Å². The number of benzene rings is 1. The molecule has 0 radical (unpaired) electrons. The molecular formula is C11H6BrFN6O2. The van der Waals surface area contributed by atoms with Gasteiger partial charge in [0.15, 0.2) is 0 Å². The minimum absolute atomic E-state index is 0.0110. The Morgan fingerprint density at radius 3 is 2.62 bits per heavy atom. The highest BCUT2D eigenvalue weighted by Crippen LogP contribution is 2.35. The van der Waals surface area contributed by atoms with Gasteiger partial charge >= 0.3 is 5.69 Å². The minimum Gasteiger partial charge on any atom is -0.382 e. The molecule has 10 heteroatoms. The number of nitrogen functional groups attached to an aromatic ring is 2. The van der Waals surface area contributed by atoms with Gasteiger partial charge in [0, 0.05) is 16.1 Å². The van der Waals surface area contributed by atoms with Crippen LogP contribution in [0.5, 0.6) is 0 Å². The fraction of sp³-hybridized carbons (Fsp3) is 0. The maximum Gasteiger partial charge on any atom is 0.305 e. The van der Waals surface area contributed by atoms with E-state index in [0.29, 0.717) is 0 Å². The van der Waals surface area contributed by atoms with Crippen LogP contribution in [0.25, 0.3) is 11.3 Å². The number of nitro benzene ring substituents is 1. The lowest BCUT2D eigenvalue weighted by atomic mass is 10.1. The quantitative estimate of drug-likeness (QED) is 0.620. The van der Waals surface area contributed by atoms with Crippen molar-refractivity contribution in [3.05, 3.63) is 38.1 Å². The van der Waals surface area contributed by atoms with Crippen molar-refractivity contribution < 1.29 is 9.31 Å². The maximum absolute atomic E-state index is 13.8. The molecule has 106 valence electrons. The van der Waals surface area contributed by atoms with Crippen LogP contribution in [0, 0.1) is 27.3 Å². The molecule has 8 nitrogen and oxygen atoms in total. The second-order valence-electron chi connectivity index (χ2n) is 3.84. The summed E-state index contributed by atoms with van der Waals surface area (Å²) in [6, 6.07) is 3.64. The van der Waals surface area contributed by atoms with E-state index in [4.69, 9.17) is 16.7 Å². The number of aromatic nitrogens is 2. The Morgan fingerprint density at radius 2 is 2.05 bits per heavy atom. The van der Waals surface area contributed by atoms with Crippen LogP contribution < -0.4 is 11.5 Å². The molecule has 0 spiro atoms. The number of nitro groups is 1. The van der Waals surface area contributed by atoms with Gasteiger partial charge in [0.1, 0.15) is 17.5 Å². The summed E-state index contributed by atoms with van der Waals surface area (Å²) in [5.41, 5.74) is 10.3. The first-order chi connectivity index (χ1) is 9.85. The van der Waals surface area contributed by atoms with Gasteiger partial charge < -0.3 is 11.5 Å². The molecule has 0 amide bonds. The fourth-order valence-corrected chi connectivity index (χ4v) is 2.18. The van der Waals surface area contributed by atoms with E-state index >= 15 is 0 Å². The second kappa shape index (κ2) is 5.29. The Labute approximate surface area is 125 Å². The van der Waals surface area contributed by atoms with E-state index in [1.807, 2.05) is 0 Å². The van der Waals surface area contributed by atoms with Crippen molar-refractivity contribution in [2.45, 2.75) is 0 Å². The van der Waals surface area contributed by atoms with Crippen LogP contribution in [0.2, 0.25) is 0 Å². The van der Waals surface area contributed by atoms with E-state index in [2.05, 4.69) is 25.9 Å². The molecule has 0 aliphatic rings. The van der Waals surface area contributed by atoms with E-state index in [9.17, 15) is 14.5 Å². The van der Waals surface area contributed by atoms with Gasteiger partial charge in [0.2, 0.25) is 11.8 Å². The molecule has 0 aliphatic carbocycles. The van der Waals surface area contributed by atoms with Crippen molar-refractivity contribution in [3.63, 3.8) is 0 Å². The third-order valence-corrected chi connectivity index (χ3v) is 3.21. The molecule has 1 aromatic heterocycles.